The van der Waals surface area contributed by atoms with Crippen molar-refractivity contribution < 1.29 is 14.6 Å². The molecule has 8 heteroatoms. The smallest absolute Gasteiger partial charge is 0.273 e. The van der Waals surface area contributed by atoms with Crippen LogP contribution in [0.2, 0.25) is 0 Å². The zero-order valence-electron chi connectivity index (χ0n) is 16.1. The number of hydrogen-bond donors (Lipinski definition) is 4. The number of benzene rings is 1. The first-order valence-electron chi connectivity index (χ1n) is 9.14. The fourth-order valence-corrected chi connectivity index (χ4v) is 3.12. The number of carbonyl (C=O) groups is 1. The van der Waals surface area contributed by atoms with Crippen LogP contribution in [-0.4, -0.2) is 39.6 Å². The number of H-pyrrole nitrogens is 2. The molecular weight excluding hydrogens is 360 g/mol. The number of aromatic nitrogens is 3. The summed E-state index contributed by atoms with van der Waals surface area (Å²) >= 11 is 0. The molecule has 0 bridgehead atoms. The van der Waals surface area contributed by atoms with E-state index >= 15 is 0 Å². The number of carbonyl (C=O) groups excluding carboxylic acids is 1. The quantitative estimate of drug-likeness (QED) is 0.497. The molecule has 3 rings (SSSR count). The predicted molar refractivity (Wildman–Crippen MR) is 106 cm³/mol. The zero-order chi connectivity index (χ0) is 20.3. The standard InChI is InChI=1S/C20H24N4O4/c1-11(2)10-15-18(26)24-16(20(23-15)28-3)19(27)21-9-8-13-12-6-4-5-7-14(12)22-17(13)25/h4-7,11,22,25H,8-10H2,1-3H3,(H,21,27)(H,24,26). The lowest BCUT2D eigenvalue weighted by Crippen LogP contribution is -2.30. The Morgan fingerprint density at radius 1 is 1.29 bits per heavy atom. The van der Waals surface area contributed by atoms with Crippen LogP contribution < -0.4 is 15.6 Å². The molecule has 0 aliphatic heterocycles. The number of ether oxygens (including phenoxy) is 1. The van der Waals surface area contributed by atoms with E-state index in [-0.39, 0.29) is 29.9 Å². The van der Waals surface area contributed by atoms with Gasteiger partial charge in [-0.25, -0.2) is 4.98 Å². The molecule has 0 aliphatic carbocycles. The number of hydrogen-bond acceptors (Lipinski definition) is 5. The summed E-state index contributed by atoms with van der Waals surface area (Å²) < 4.78 is 5.19. The van der Waals surface area contributed by atoms with E-state index in [0.717, 1.165) is 16.5 Å². The minimum Gasteiger partial charge on any atom is -0.494 e. The molecule has 2 aromatic heterocycles. The fourth-order valence-electron chi connectivity index (χ4n) is 3.12. The van der Waals surface area contributed by atoms with Crippen LogP contribution in [0.25, 0.3) is 10.9 Å². The van der Waals surface area contributed by atoms with Crippen molar-refractivity contribution >= 4 is 16.8 Å². The Morgan fingerprint density at radius 2 is 2.04 bits per heavy atom. The van der Waals surface area contributed by atoms with Crippen molar-refractivity contribution in [3.63, 3.8) is 0 Å². The summed E-state index contributed by atoms with van der Waals surface area (Å²) in [5.41, 5.74) is 1.49. The molecule has 8 nitrogen and oxygen atoms in total. The largest absolute Gasteiger partial charge is 0.494 e. The van der Waals surface area contributed by atoms with Gasteiger partial charge in [0.05, 0.1) is 7.11 Å². The third-order valence-electron chi connectivity index (χ3n) is 4.42. The van der Waals surface area contributed by atoms with Gasteiger partial charge in [0.25, 0.3) is 11.5 Å². The van der Waals surface area contributed by atoms with Gasteiger partial charge in [-0.15, -0.1) is 0 Å². The maximum absolute atomic E-state index is 12.5. The van der Waals surface area contributed by atoms with Gasteiger partial charge in [-0.3, -0.25) is 9.59 Å². The van der Waals surface area contributed by atoms with Gasteiger partial charge < -0.3 is 25.1 Å². The highest BCUT2D eigenvalue weighted by Gasteiger charge is 2.19. The van der Waals surface area contributed by atoms with E-state index in [2.05, 4.69) is 20.3 Å². The van der Waals surface area contributed by atoms with Gasteiger partial charge >= 0.3 is 0 Å². The van der Waals surface area contributed by atoms with E-state index in [1.807, 2.05) is 38.1 Å². The van der Waals surface area contributed by atoms with Crippen molar-refractivity contribution in [2.45, 2.75) is 26.7 Å². The molecule has 4 N–H and O–H groups in total. The van der Waals surface area contributed by atoms with E-state index in [0.29, 0.717) is 18.5 Å². The van der Waals surface area contributed by atoms with Gasteiger partial charge in [0.1, 0.15) is 5.69 Å². The van der Waals surface area contributed by atoms with E-state index in [1.165, 1.54) is 7.11 Å². The number of amides is 1. The Hall–Kier alpha value is -3.29. The van der Waals surface area contributed by atoms with Gasteiger partial charge in [0.2, 0.25) is 5.88 Å². The average molecular weight is 384 g/mol. The Morgan fingerprint density at radius 3 is 2.75 bits per heavy atom. The van der Waals surface area contributed by atoms with Gasteiger partial charge in [-0.2, -0.15) is 0 Å². The van der Waals surface area contributed by atoms with Crippen LogP contribution in [-0.2, 0) is 12.8 Å². The average Bonchev–Trinajstić information content (AvgIpc) is 2.98. The molecule has 0 radical (unpaired) electrons. The van der Waals surface area contributed by atoms with Gasteiger partial charge in [-0.1, -0.05) is 32.0 Å². The number of rotatable bonds is 7. The lowest BCUT2D eigenvalue weighted by Gasteiger charge is -2.11. The first kappa shape index (κ1) is 19.5. The Labute approximate surface area is 162 Å². The summed E-state index contributed by atoms with van der Waals surface area (Å²) in [6.07, 6.45) is 0.917. The van der Waals surface area contributed by atoms with E-state index in [9.17, 15) is 14.7 Å². The summed E-state index contributed by atoms with van der Waals surface area (Å²) in [4.78, 5) is 34.4. The molecule has 0 unspecified atom stereocenters. The number of fused-ring (bicyclic) bond motifs is 1. The summed E-state index contributed by atoms with van der Waals surface area (Å²) in [6, 6.07) is 7.54. The fraction of sp³-hybridized carbons (Fsp3) is 0.350. The molecule has 148 valence electrons. The van der Waals surface area contributed by atoms with Crippen LogP contribution in [0.15, 0.2) is 29.1 Å². The van der Waals surface area contributed by atoms with Crippen LogP contribution >= 0.6 is 0 Å². The van der Waals surface area contributed by atoms with Crippen molar-refractivity contribution in [1.29, 1.82) is 0 Å². The first-order chi connectivity index (χ1) is 13.4. The van der Waals surface area contributed by atoms with Gasteiger partial charge in [0.15, 0.2) is 11.6 Å². The Bertz CT molecular complexity index is 1050. The van der Waals surface area contributed by atoms with Crippen LogP contribution in [0.3, 0.4) is 0 Å². The third-order valence-corrected chi connectivity index (χ3v) is 4.42. The summed E-state index contributed by atoms with van der Waals surface area (Å²) in [6.45, 7) is 4.23. The monoisotopic (exact) mass is 384 g/mol. The van der Waals surface area contributed by atoms with Gasteiger partial charge in [-0.05, 0) is 24.8 Å². The van der Waals surface area contributed by atoms with Crippen LogP contribution in [0.4, 0.5) is 0 Å². The molecule has 0 spiro atoms. The lowest BCUT2D eigenvalue weighted by molar-refractivity contribution is 0.0944. The van der Waals surface area contributed by atoms with Crippen molar-refractivity contribution in [2.24, 2.45) is 5.92 Å². The second kappa shape index (κ2) is 8.16. The third kappa shape index (κ3) is 4.00. The van der Waals surface area contributed by atoms with Crippen LogP contribution in [0.5, 0.6) is 11.8 Å². The molecule has 1 amide bonds. The highest BCUT2D eigenvalue weighted by Crippen LogP contribution is 2.27. The highest BCUT2D eigenvalue weighted by molar-refractivity contribution is 5.94. The van der Waals surface area contributed by atoms with Crippen molar-refractivity contribution in [3.8, 4) is 11.8 Å². The Balaban J connectivity index is 1.73. The van der Waals surface area contributed by atoms with E-state index in [1.54, 1.807) is 0 Å². The summed E-state index contributed by atoms with van der Waals surface area (Å²) in [5.74, 6) is -0.0671. The summed E-state index contributed by atoms with van der Waals surface area (Å²) in [5, 5.41) is 13.7. The lowest BCUT2D eigenvalue weighted by atomic mass is 10.1. The highest BCUT2D eigenvalue weighted by atomic mass is 16.5. The number of aromatic hydroxyl groups is 1. The molecule has 1 aromatic carbocycles. The van der Waals surface area contributed by atoms with E-state index < -0.39 is 11.5 Å². The molecule has 0 aliphatic rings. The number of aromatic amines is 2. The molecule has 0 saturated carbocycles. The minimum absolute atomic E-state index is 0.0110. The first-order valence-corrected chi connectivity index (χ1v) is 9.14. The number of methoxy groups -OCH3 is 1. The summed E-state index contributed by atoms with van der Waals surface area (Å²) in [7, 11) is 1.40. The van der Waals surface area contributed by atoms with Crippen molar-refractivity contribution in [1.82, 2.24) is 20.3 Å². The molecule has 0 fully saturated rings. The molecule has 28 heavy (non-hydrogen) atoms. The predicted octanol–water partition coefficient (Wildman–Crippen LogP) is 2.14. The van der Waals surface area contributed by atoms with Crippen LogP contribution in [0, 0.1) is 5.92 Å². The van der Waals surface area contributed by atoms with E-state index in [4.69, 9.17) is 4.74 Å². The van der Waals surface area contributed by atoms with Crippen LogP contribution in [0.1, 0.15) is 35.6 Å². The number of para-hydroxylation sites is 1. The van der Waals surface area contributed by atoms with Gasteiger partial charge in [0, 0.05) is 23.0 Å². The molecule has 2 heterocycles. The normalized spacial score (nSPS) is 11.1. The molecule has 0 atom stereocenters. The second-order valence-electron chi connectivity index (χ2n) is 7.00. The maximum Gasteiger partial charge on any atom is 0.273 e. The SMILES string of the molecule is COc1nc(CC(C)C)c(=O)[nH]c1C(=O)NCCc1c(O)[nH]c2ccccc12. The molecule has 0 saturated heterocycles. The van der Waals surface area contributed by atoms with Crippen molar-refractivity contribution in [2.75, 3.05) is 13.7 Å². The maximum atomic E-state index is 12.5. The number of nitrogens with zero attached hydrogens (tertiary/aromatic N) is 1. The number of nitrogens with one attached hydrogen (secondary N) is 3. The topological polar surface area (TPSA) is 120 Å². The minimum atomic E-state index is -0.489. The Kier molecular flexibility index (Phi) is 5.67. The molecule has 3 aromatic rings. The van der Waals surface area contributed by atoms with Crippen molar-refractivity contribution in [3.05, 3.63) is 51.6 Å². The zero-order valence-corrected chi connectivity index (χ0v) is 16.1. The molecular formula is C20H24N4O4. The second-order valence-corrected chi connectivity index (χ2v) is 7.00.